The molecule has 0 saturated carbocycles. The number of aromatic hydroxyl groups is 1. The van der Waals surface area contributed by atoms with Gasteiger partial charge in [-0.25, -0.2) is 9.48 Å². The predicted octanol–water partition coefficient (Wildman–Crippen LogP) is 8.61. The molecular weight excluding hydrogens is 700 g/mol. The Hall–Kier alpha value is -4.49. The van der Waals surface area contributed by atoms with Crippen molar-refractivity contribution in [3.63, 3.8) is 0 Å². The summed E-state index contributed by atoms with van der Waals surface area (Å²) in [5.74, 6) is 1.23. The van der Waals surface area contributed by atoms with E-state index in [-0.39, 0.29) is 16.5 Å². The number of fused-ring (bicyclic) bond motifs is 1. The number of halogens is 1. The van der Waals surface area contributed by atoms with Crippen LogP contribution >= 0.6 is 35.1 Å². The number of carbonyl (C=O) groups excluding carboxylic acids is 1. The van der Waals surface area contributed by atoms with Gasteiger partial charge in [-0.15, -0.1) is 10.2 Å². The highest BCUT2D eigenvalue weighted by Gasteiger charge is 2.25. The van der Waals surface area contributed by atoms with Gasteiger partial charge in [0.2, 0.25) is 0 Å². The summed E-state index contributed by atoms with van der Waals surface area (Å²) in [4.78, 5) is 17.9. The van der Waals surface area contributed by atoms with Gasteiger partial charge in [-0.2, -0.15) is 16.9 Å². The van der Waals surface area contributed by atoms with Crippen LogP contribution in [-0.4, -0.2) is 59.8 Å². The molecule has 0 aliphatic carbocycles. The van der Waals surface area contributed by atoms with Crippen LogP contribution in [0, 0.1) is 0 Å². The number of rotatable bonds is 11. The Kier molecular flexibility index (Phi) is 10.3. The molecule has 0 spiro atoms. The summed E-state index contributed by atoms with van der Waals surface area (Å²) in [6, 6.07) is 26.7. The molecule has 7 rings (SSSR count). The normalized spacial score (nSPS) is 13.6. The number of urea groups is 1. The van der Waals surface area contributed by atoms with E-state index in [2.05, 4.69) is 64.0 Å². The minimum absolute atomic E-state index is 0.0953. The molecule has 0 bridgehead atoms. The quantitative estimate of drug-likeness (QED) is 0.121. The number of pyridine rings is 1. The minimum Gasteiger partial charge on any atom is -0.508 e. The van der Waals surface area contributed by atoms with Gasteiger partial charge in [-0.05, 0) is 106 Å². The Balaban J connectivity index is 1.08. The number of aromatic nitrogens is 5. The van der Waals surface area contributed by atoms with Gasteiger partial charge in [-0.1, -0.05) is 53.7 Å². The fraction of sp³-hybridized carbons (Fsp3) is 0.263. The van der Waals surface area contributed by atoms with Crippen LogP contribution in [0.4, 0.5) is 10.6 Å². The Bertz CT molecular complexity index is 2190. The van der Waals surface area contributed by atoms with Crippen LogP contribution in [0.5, 0.6) is 5.75 Å². The number of nitrogens with zero attached hydrogens (tertiary/aromatic N) is 6. The third-order valence-electron chi connectivity index (χ3n) is 9.04. The van der Waals surface area contributed by atoms with Crippen LogP contribution in [0.3, 0.4) is 0 Å². The number of hydrogen-bond acceptors (Lipinski definition) is 8. The van der Waals surface area contributed by atoms with E-state index in [0.717, 1.165) is 46.4 Å². The number of benzene rings is 3. The Morgan fingerprint density at radius 3 is 2.63 bits per heavy atom. The molecule has 262 valence electrons. The molecule has 3 aromatic heterocycles. The Labute approximate surface area is 310 Å². The summed E-state index contributed by atoms with van der Waals surface area (Å²) in [6.07, 6.45) is 6.51. The molecular formula is C38H39ClN8O2S2. The number of thioether (sulfide) groups is 1. The molecule has 3 N–H and O–H groups in total. The largest absolute Gasteiger partial charge is 0.508 e. The first-order valence-corrected chi connectivity index (χ1v) is 19.2. The van der Waals surface area contributed by atoms with Crippen molar-refractivity contribution in [1.29, 1.82) is 0 Å². The summed E-state index contributed by atoms with van der Waals surface area (Å²) in [5, 5.41) is 30.3. The zero-order valence-corrected chi connectivity index (χ0v) is 31.0. The molecule has 51 heavy (non-hydrogen) atoms. The van der Waals surface area contributed by atoms with Gasteiger partial charge >= 0.3 is 6.03 Å². The highest BCUT2D eigenvalue weighted by molar-refractivity contribution is 7.99. The number of phenols is 1. The van der Waals surface area contributed by atoms with E-state index >= 15 is 0 Å². The van der Waals surface area contributed by atoms with Gasteiger partial charge in [0, 0.05) is 40.7 Å². The van der Waals surface area contributed by atoms with Crippen molar-refractivity contribution < 1.29 is 9.90 Å². The maximum atomic E-state index is 13.5. The Morgan fingerprint density at radius 2 is 1.80 bits per heavy atom. The molecule has 1 aliphatic heterocycles. The van der Waals surface area contributed by atoms with E-state index in [4.69, 9.17) is 16.7 Å². The highest BCUT2D eigenvalue weighted by atomic mass is 35.5. The lowest BCUT2D eigenvalue weighted by Gasteiger charge is -2.18. The van der Waals surface area contributed by atoms with Crippen molar-refractivity contribution in [2.45, 2.75) is 54.3 Å². The average molecular weight is 739 g/mol. The van der Waals surface area contributed by atoms with Crippen LogP contribution < -0.4 is 10.6 Å². The van der Waals surface area contributed by atoms with E-state index in [1.807, 2.05) is 63.8 Å². The third kappa shape index (κ3) is 7.89. The number of carbonyl (C=O) groups is 1. The van der Waals surface area contributed by atoms with E-state index in [0.29, 0.717) is 34.4 Å². The summed E-state index contributed by atoms with van der Waals surface area (Å²) in [5.41, 5.74) is 5.22. The number of likely N-dealkylation sites (tertiary alicyclic amines) is 1. The van der Waals surface area contributed by atoms with E-state index in [9.17, 15) is 9.90 Å². The first kappa shape index (κ1) is 34.9. The Morgan fingerprint density at radius 1 is 0.980 bits per heavy atom. The number of amides is 2. The standard InChI is InChI=1S/C38H39ClN8O2S2/c1-38(2,50-3)33-21-35(47(44-33)27-11-8-9-25(19-27)23-45-17-6-7-18-45)41-37(49)40-22-26-10-4-5-12-32(26)51-29-14-16-34-42-43-36(46(34)24-29)30-20-28(48)13-15-31(30)39/h4-5,8-16,19-21,24,48H,6-7,17-18,22-23H2,1-3H3,(H2,40,41,49). The zero-order chi connectivity index (χ0) is 35.5. The lowest BCUT2D eigenvalue weighted by atomic mass is 10.1. The third-order valence-corrected chi connectivity index (χ3v) is 11.7. The monoisotopic (exact) mass is 738 g/mol. The molecule has 1 fully saturated rings. The SMILES string of the molecule is CSC(C)(C)c1cc(NC(=O)NCc2ccccc2Sc2ccc3nnc(-c4cc(O)ccc4Cl)n3c2)n(-c2cccc(CN3CCCC3)c2)n1. The molecule has 1 saturated heterocycles. The lowest BCUT2D eigenvalue weighted by Crippen LogP contribution is -2.29. The van der Waals surface area contributed by atoms with E-state index < -0.39 is 0 Å². The van der Waals surface area contributed by atoms with Gasteiger partial charge in [0.25, 0.3) is 0 Å². The summed E-state index contributed by atoms with van der Waals surface area (Å²) in [6.45, 7) is 7.74. The predicted molar refractivity (Wildman–Crippen MR) is 206 cm³/mol. The second kappa shape index (κ2) is 15.0. The van der Waals surface area contributed by atoms with Crippen molar-refractivity contribution in [3.8, 4) is 22.8 Å². The van der Waals surface area contributed by atoms with Crippen molar-refractivity contribution in [1.82, 2.24) is 34.6 Å². The molecule has 6 aromatic rings. The fourth-order valence-electron chi connectivity index (χ4n) is 6.06. The summed E-state index contributed by atoms with van der Waals surface area (Å²) in [7, 11) is 0. The fourth-order valence-corrected chi connectivity index (χ4v) is 7.54. The number of nitrogens with one attached hydrogen (secondary N) is 2. The number of phenolic OH excluding ortho intramolecular Hbond substituents is 1. The van der Waals surface area contributed by atoms with Crippen LogP contribution in [-0.2, 0) is 17.8 Å². The molecule has 13 heteroatoms. The molecule has 3 aromatic carbocycles. The van der Waals surface area contributed by atoms with Crippen molar-refractivity contribution >= 4 is 52.6 Å². The topological polar surface area (TPSA) is 113 Å². The van der Waals surface area contributed by atoms with Gasteiger partial charge in [0.05, 0.1) is 21.2 Å². The van der Waals surface area contributed by atoms with Gasteiger partial charge in [-0.3, -0.25) is 14.6 Å². The van der Waals surface area contributed by atoms with Crippen molar-refractivity contribution in [3.05, 3.63) is 113 Å². The number of hydrogen-bond donors (Lipinski definition) is 3. The zero-order valence-electron chi connectivity index (χ0n) is 28.6. The molecule has 1 aliphatic rings. The molecule has 0 radical (unpaired) electrons. The highest BCUT2D eigenvalue weighted by Crippen LogP contribution is 2.36. The maximum Gasteiger partial charge on any atom is 0.320 e. The second-order valence-electron chi connectivity index (χ2n) is 13.0. The number of anilines is 1. The molecule has 4 heterocycles. The lowest BCUT2D eigenvalue weighted by molar-refractivity contribution is 0.251. The molecule has 2 amide bonds. The van der Waals surface area contributed by atoms with Crippen LogP contribution in [0.1, 0.15) is 43.5 Å². The van der Waals surface area contributed by atoms with Crippen LogP contribution in [0.2, 0.25) is 5.02 Å². The van der Waals surface area contributed by atoms with Gasteiger partial charge < -0.3 is 10.4 Å². The van der Waals surface area contributed by atoms with E-state index in [1.165, 1.54) is 24.5 Å². The van der Waals surface area contributed by atoms with Gasteiger partial charge in [0.15, 0.2) is 11.5 Å². The maximum absolute atomic E-state index is 13.5. The molecule has 0 atom stereocenters. The first-order valence-electron chi connectivity index (χ1n) is 16.8. The average Bonchev–Trinajstić information content (AvgIpc) is 3.90. The first-order chi connectivity index (χ1) is 24.7. The molecule has 0 unspecified atom stereocenters. The smallest absolute Gasteiger partial charge is 0.320 e. The van der Waals surface area contributed by atoms with Crippen LogP contribution in [0.15, 0.2) is 101 Å². The second-order valence-corrected chi connectivity index (χ2v) is 15.9. The summed E-state index contributed by atoms with van der Waals surface area (Å²) < 4.78 is 3.45. The van der Waals surface area contributed by atoms with Crippen molar-refractivity contribution in [2.75, 3.05) is 24.7 Å². The molecule has 10 nitrogen and oxygen atoms in total. The van der Waals surface area contributed by atoms with E-state index in [1.54, 1.807) is 35.7 Å². The van der Waals surface area contributed by atoms with Crippen LogP contribution in [0.25, 0.3) is 22.7 Å². The van der Waals surface area contributed by atoms with Crippen molar-refractivity contribution in [2.24, 2.45) is 0 Å². The van der Waals surface area contributed by atoms with Gasteiger partial charge in [0.1, 0.15) is 11.6 Å². The summed E-state index contributed by atoms with van der Waals surface area (Å²) >= 11 is 9.73. The minimum atomic E-state index is -0.323.